The molecule has 0 amide bonds. The summed E-state index contributed by atoms with van der Waals surface area (Å²) in [6, 6.07) is 23.2. The summed E-state index contributed by atoms with van der Waals surface area (Å²) in [5.41, 5.74) is 1.22. The van der Waals surface area contributed by atoms with Gasteiger partial charge in [0.15, 0.2) is 0 Å². The highest BCUT2D eigenvalue weighted by atomic mass is 35.5. The van der Waals surface area contributed by atoms with E-state index in [1.165, 1.54) is 12.1 Å². The molecule has 1 nitrogen and oxygen atoms in total. The van der Waals surface area contributed by atoms with Gasteiger partial charge in [0, 0.05) is 10.9 Å². The minimum atomic E-state index is -1.24. The minimum absolute atomic E-state index is 0.225. The fraction of sp³-hybridized carbons (Fsp3) is 0.182. The third kappa shape index (κ3) is 3.46. The molecular weight excluding hydrogens is 335 g/mol. The van der Waals surface area contributed by atoms with Gasteiger partial charge in [0.2, 0.25) is 0 Å². The molecule has 0 unspecified atom stereocenters. The average Bonchev–Trinajstić information content (AvgIpc) is 2.65. The van der Waals surface area contributed by atoms with Crippen LogP contribution in [0.15, 0.2) is 78.9 Å². The van der Waals surface area contributed by atoms with E-state index in [1.807, 2.05) is 49.4 Å². The van der Waals surface area contributed by atoms with Crippen LogP contribution in [0.1, 0.15) is 36.0 Å². The number of halogens is 2. The first-order chi connectivity index (χ1) is 12.1. The Morgan fingerprint density at radius 1 is 0.880 bits per heavy atom. The topological polar surface area (TPSA) is 20.2 Å². The smallest absolute Gasteiger partial charge is 0.123 e. The summed E-state index contributed by atoms with van der Waals surface area (Å²) >= 11 is 6.03. The second-order valence-corrected chi connectivity index (χ2v) is 6.59. The molecule has 1 N–H and O–H groups in total. The largest absolute Gasteiger partial charge is 0.380 e. The van der Waals surface area contributed by atoms with E-state index in [2.05, 4.69) is 0 Å². The Balaban J connectivity index is 2.19. The summed E-state index contributed by atoms with van der Waals surface area (Å²) in [4.78, 5) is 0. The van der Waals surface area contributed by atoms with Crippen molar-refractivity contribution < 1.29 is 9.50 Å². The third-order valence-corrected chi connectivity index (χ3v) is 4.94. The van der Waals surface area contributed by atoms with Gasteiger partial charge < -0.3 is 5.11 Å². The molecule has 128 valence electrons. The van der Waals surface area contributed by atoms with Crippen molar-refractivity contribution in [3.8, 4) is 0 Å². The zero-order valence-electron chi connectivity index (χ0n) is 14.0. The van der Waals surface area contributed by atoms with Crippen molar-refractivity contribution in [1.82, 2.24) is 0 Å². The summed E-state index contributed by atoms with van der Waals surface area (Å²) in [5, 5.41) is 12.5. The Hall–Kier alpha value is -2.16. The number of hydrogen-bond donors (Lipinski definition) is 1. The van der Waals surface area contributed by atoms with E-state index in [0.29, 0.717) is 11.4 Å². The Morgan fingerprint density at radius 2 is 1.44 bits per heavy atom. The van der Waals surface area contributed by atoms with Crippen molar-refractivity contribution in [1.29, 1.82) is 0 Å². The van der Waals surface area contributed by atoms with Crippen LogP contribution in [0.5, 0.6) is 0 Å². The second-order valence-electron chi connectivity index (χ2n) is 6.15. The third-order valence-electron chi connectivity index (χ3n) is 4.68. The zero-order chi connectivity index (χ0) is 17.9. The summed E-state index contributed by atoms with van der Waals surface area (Å²) in [6.45, 7) is 2.03. The Kier molecular flexibility index (Phi) is 5.22. The predicted molar refractivity (Wildman–Crippen MR) is 100 cm³/mol. The molecule has 0 fully saturated rings. The highest BCUT2D eigenvalue weighted by Gasteiger charge is 2.40. The van der Waals surface area contributed by atoms with Crippen molar-refractivity contribution in [2.45, 2.75) is 24.9 Å². The normalized spacial score (nSPS) is 14.7. The lowest BCUT2D eigenvalue weighted by Gasteiger charge is -2.37. The van der Waals surface area contributed by atoms with Crippen molar-refractivity contribution >= 4 is 11.6 Å². The molecule has 0 radical (unpaired) electrons. The number of benzene rings is 3. The molecule has 0 saturated heterocycles. The fourth-order valence-electron chi connectivity index (χ4n) is 3.43. The molecule has 3 aromatic carbocycles. The fourth-order valence-corrected chi connectivity index (χ4v) is 3.56. The molecule has 0 aromatic heterocycles. The maximum Gasteiger partial charge on any atom is 0.123 e. The first-order valence-electron chi connectivity index (χ1n) is 8.35. The lowest BCUT2D eigenvalue weighted by molar-refractivity contribution is 0.0476. The van der Waals surface area contributed by atoms with E-state index in [0.717, 1.165) is 16.7 Å². The quantitative estimate of drug-likeness (QED) is 0.604. The van der Waals surface area contributed by atoms with Crippen molar-refractivity contribution in [3.63, 3.8) is 0 Å². The van der Waals surface area contributed by atoms with Gasteiger partial charge in [-0.05, 0) is 47.4 Å². The van der Waals surface area contributed by atoms with Gasteiger partial charge >= 0.3 is 0 Å². The monoisotopic (exact) mass is 354 g/mol. The maximum absolute atomic E-state index is 13.4. The molecule has 25 heavy (non-hydrogen) atoms. The van der Waals surface area contributed by atoms with Gasteiger partial charge in [-0.1, -0.05) is 73.1 Å². The molecule has 0 spiro atoms. The second kappa shape index (κ2) is 7.38. The summed E-state index contributed by atoms with van der Waals surface area (Å²) in [5.74, 6) is -0.509. The molecule has 2 atom stereocenters. The summed E-state index contributed by atoms with van der Waals surface area (Å²) in [7, 11) is 0. The van der Waals surface area contributed by atoms with Gasteiger partial charge in [0.1, 0.15) is 11.4 Å². The number of rotatable bonds is 5. The molecule has 0 heterocycles. The Morgan fingerprint density at radius 3 is 2.00 bits per heavy atom. The molecule has 3 rings (SSSR count). The molecule has 0 saturated carbocycles. The standard InChI is InChI=1S/C22H20ClFO/c1-2-21(16-8-14-20(24)15-9-16)22(25,17-6-4-3-5-7-17)18-10-12-19(23)13-11-18/h3-15,21,25H,2H2,1H3/t21-,22-/m1/s1. The van der Waals surface area contributed by atoms with Crippen molar-refractivity contribution in [2.24, 2.45) is 0 Å². The highest BCUT2D eigenvalue weighted by molar-refractivity contribution is 6.30. The van der Waals surface area contributed by atoms with E-state index < -0.39 is 5.60 Å². The van der Waals surface area contributed by atoms with Crippen LogP contribution in [0.25, 0.3) is 0 Å². The van der Waals surface area contributed by atoms with E-state index in [1.54, 1.807) is 24.3 Å². The van der Waals surface area contributed by atoms with Crippen LogP contribution in [0.3, 0.4) is 0 Å². The molecule has 0 bridgehead atoms. The Bertz CT molecular complexity index is 815. The van der Waals surface area contributed by atoms with Gasteiger partial charge in [-0.3, -0.25) is 0 Å². The van der Waals surface area contributed by atoms with Crippen LogP contribution >= 0.6 is 11.6 Å². The molecule has 0 aliphatic heterocycles. The molecule has 0 aliphatic rings. The van der Waals surface area contributed by atoms with Crippen LogP contribution in [0.2, 0.25) is 5.02 Å². The van der Waals surface area contributed by atoms with Crippen LogP contribution < -0.4 is 0 Å². The number of aliphatic hydroxyl groups is 1. The lowest BCUT2D eigenvalue weighted by Crippen LogP contribution is -2.34. The van der Waals surface area contributed by atoms with Gasteiger partial charge in [0.05, 0.1) is 0 Å². The van der Waals surface area contributed by atoms with Gasteiger partial charge in [-0.15, -0.1) is 0 Å². The Labute approximate surface area is 152 Å². The molecular formula is C22H20ClFO. The van der Waals surface area contributed by atoms with Crippen LogP contribution in [-0.2, 0) is 5.60 Å². The summed E-state index contributed by atoms with van der Waals surface area (Å²) in [6.07, 6.45) is 0.694. The van der Waals surface area contributed by atoms with E-state index >= 15 is 0 Å². The predicted octanol–water partition coefficient (Wildman–Crippen LogP) is 5.91. The lowest BCUT2D eigenvalue weighted by atomic mass is 9.72. The number of hydrogen-bond acceptors (Lipinski definition) is 1. The first-order valence-corrected chi connectivity index (χ1v) is 8.73. The highest BCUT2D eigenvalue weighted by Crippen LogP contribution is 2.44. The van der Waals surface area contributed by atoms with E-state index in [4.69, 9.17) is 11.6 Å². The molecule has 0 aliphatic carbocycles. The SMILES string of the molecule is CC[C@H](c1ccc(F)cc1)[C@@](O)(c1ccccc1)c1ccc(Cl)cc1. The van der Waals surface area contributed by atoms with Gasteiger partial charge in [-0.2, -0.15) is 0 Å². The molecule has 3 heteroatoms. The van der Waals surface area contributed by atoms with Gasteiger partial charge in [0.25, 0.3) is 0 Å². The van der Waals surface area contributed by atoms with E-state index in [9.17, 15) is 9.50 Å². The van der Waals surface area contributed by atoms with E-state index in [-0.39, 0.29) is 11.7 Å². The van der Waals surface area contributed by atoms with Crippen molar-refractivity contribution in [3.05, 3.63) is 106 Å². The summed E-state index contributed by atoms with van der Waals surface area (Å²) < 4.78 is 13.4. The average molecular weight is 355 g/mol. The zero-order valence-corrected chi connectivity index (χ0v) is 14.7. The van der Waals surface area contributed by atoms with Gasteiger partial charge in [-0.25, -0.2) is 4.39 Å². The molecule has 3 aromatic rings. The van der Waals surface area contributed by atoms with Crippen LogP contribution in [0.4, 0.5) is 4.39 Å². The van der Waals surface area contributed by atoms with Crippen LogP contribution in [-0.4, -0.2) is 5.11 Å². The maximum atomic E-state index is 13.4. The first kappa shape index (κ1) is 17.7. The minimum Gasteiger partial charge on any atom is -0.380 e. The van der Waals surface area contributed by atoms with Crippen molar-refractivity contribution in [2.75, 3.05) is 0 Å². The van der Waals surface area contributed by atoms with Crippen LogP contribution in [0, 0.1) is 5.82 Å².